The molecule has 2 aromatic carbocycles. The molecule has 1 unspecified atom stereocenters. The van der Waals surface area contributed by atoms with E-state index >= 15 is 0 Å². The van der Waals surface area contributed by atoms with Gasteiger partial charge in [-0.3, -0.25) is 4.31 Å². The molecule has 6 nitrogen and oxygen atoms in total. The van der Waals surface area contributed by atoms with Crippen molar-refractivity contribution in [2.45, 2.75) is 48.1 Å². The highest BCUT2D eigenvalue weighted by molar-refractivity contribution is 7.93. The van der Waals surface area contributed by atoms with Crippen molar-refractivity contribution in [2.75, 3.05) is 4.31 Å². The fourth-order valence-electron chi connectivity index (χ4n) is 3.30. The number of nitrogens with one attached hydrogen (secondary N) is 1. The van der Waals surface area contributed by atoms with Gasteiger partial charge in [0.05, 0.1) is 15.5 Å². The molecule has 2 aromatic rings. The van der Waals surface area contributed by atoms with Crippen LogP contribution in [0.4, 0.5) is 5.69 Å². The molecule has 8 heteroatoms. The third-order valence-corrected chi connectivity index (χ3v) is 8.21. The third kappa shape index (κ3) is 3.02. The lowest BCUT2D eigenvalue weighted by Crippen LogP contribution is -2.35. The van der Waals surface area contributed by atoms with Gasteiger partial charge in [0.15, 0.2) is 0 Å². The van der Waals surface area contributed by atoms with Gasteiger partial charge < -0.3 is 0 Å². The van der Waals surface area contributed by atoms with Crippen molar-refractivity contribution in [3.63, 3.8) is 0 Å². The van der Waals surface area contributed by atoms with Crippen LogP contribution in [-0.4, -0.2) is 28.9 Å². The van der Waals surface area contributed by atoms with Crippen molar-refractivity contribution in [3.8, 4) is 0 Å². The van der Waals surface area contributed by atoms with E-state index in [0.717, 1.165) is 18.4 Å². The SMILES string of the molecule is CC1Cc2ccccc2N1S(=O)(=O)c1ccc(S(=O)(=O)NC2CC2)cc1. The molecule has 1 aliphatic carbocycles. The quantitative estimate of drug-likeness (QED) is 0.846. The lowest BCUT2D eigenvalue weighted by Gasteiger charge is -2.24. The van der Waals surface area contributed by atoms with Gasteiger partial charge in [0.25, 0.3) is 10.0 Å². The Kier molecular flexibility index (Phi) is 4.09. The molecule has 0 saturated heterocycles. The first-order valence-electron chi connectivity index (χ1n) is 8.54. The number of hydrogen-bond donors (Lipinski definition) is 1. The standard InChI is InChI=1S/C18H20N2O4S2/c1-13-12-14-4-2-3-5-18(14)20(13)26(23,24)17-10-8-16(9-11-17)25(21,22)19-15-6-7-15/h2-5,8-11,13,15,19H,6-7,12H2,1H3. The van der Waals surface area contributed by atoms with Crippen LogP contribution in [0.2, 0.25) is 0 Å². The van der Waals surface area contributed by atoms with E-state index in [2.05, 4.69) is 4.72 Å². The van der Waals surface area contributed by atoms with Crippen LogP contribution < -0.4 is 9.03 Å². The topological polar surface area (TPSA) is 83.6 Å². The summed E-state index contributed by atoms with van der Waals surface area (Å²) >= 11 is 0. The average Bonchev–Trinajstić information content (AvgIpc) is 3.32. The van der Waals surface area contributed by atoms with Crippen LogP contribution in [0.5, 0.6) is 0 Å². The number of sulfonamides is 2. The minimum atomic E-state index is -3.76. The molecule has 1 aliphatic heterocycles. The highest BCUT2D eigenvalue weighted by Crippen LogP contribution is 2.36. The van der Waals surface area contributed by atoms with Gasteiger partial charge in [-0.1, -0.05) is 18.2 Å². The summed E-state index contributed by atoms with van der Waals surface area (Å²) in [5, 5.41) is 0. The lowest BCUT2D eigenvalue weighted by atomic mass is 10.1. The van der Waals surface area contributed by atoms with Gasteiger partial charge in [0, 0.05) is 12.1 Å². The monoisotopic (exact) mass is 392 g/mol. The Hall–Kier alpha value is -1.90. The summed E-state index contributed by atoms with van der Waals surface area (Å²) in [5.41, 5.74) is 1.68. The third-order valence-electron chi connectivity index (χ3n) is 4.73. The smallest absolute Gasteiger partial charge is 0.263 e. The molecule has 1 heterocycles. The van der Waals surface area contributed by atoms with E-state index in [4.69, 9.17) is 0 Å². The van der Waals surface area contributed by atoms with Crippen molar-refractivity contribution >= 4 is 25.7 Å². The fraction of sp³-hybridized carbons (Fsp3) is 0.333. The van der Waals surface area contributed by atoms with Gasteiger partial charge in [-0.25, -0.2) is 21.6 Å². The highest BCUT2D eigenvalue weighted by atomic mass is 32.2. The number of anilines is 1. The zero-order valence-electron chi connectivity index (χ0n) is 14.3. The molecule has 4 rings (SSSR count). The number of benzene rings is 2. The van der Waals surface area contributed by atoms with Crippen molar-refractivity contribution in [1.82, 2.24) is 4.72 Å². The molecule has 2 aliphatic rings. The highest BCUT2D eigenvalue weighted by Gasteiger charge is 2.36. The van der Waals surface area contributed by atoms with Crippen molar-refractivity contribution < 1.29 is 16.8 Å². The van der Waals surface area contributed by atoms with Gasteiger partial charge in [-0.15, -0.1) is 0 Å². The van der Waals surface area contributed by atoms with Crippen LogP contribution in [0.25, 0.3) is 0 Å². The molecule has 1 fully saturated rings. The van der Waals surface area contributed by atoms with Crippen LogP contribution in [0.15, 0.2) is 58.3 Å². The molecule has 1 saturated carbocycles. The van der Waals surface area contributed by atoms with E-state index in [9.17, 15) is 16.8 Å². The molecule has 0 bridgehead atoms. The predicted octanol–water partition coefficient (Wildman–Crippen LogP) is 2.27. The maximum atomic E-state index is 13.1. The van der Waals surface area contributed by atoms with E-state index in [1.165, 1.54) is 28.6 Å². The van der Waals surface area contributed by atoms with Crippen LogP contribution >= 0.6 is 0 Å². The fourth-order valence-corrected chi connectivity index (χ4v) is 6.29. The Balaban J connectivity index is 1.67. The zero-order chi connectivity index (χ0) is 18.5. The molecule has 1 atom stereocenters. The van der Waals surface area contributed by atoms with Gasteiger partial charge in [-0.05, 0) is 62.1 Å². The van der Waals surface area contributed by atoms with Crippen LogP contribution in [-0.2, 0) is 26.5 Å². The first-order chi connectivity index (χ1) is 12.3. The molecule has 26 heavy (non-hydrogen) atoms. The molecule has 1 N–H and O–H groups in total. The zero-order valence-corrected chi connectivity index (χ0v) is 15.9. The Morgan fingerprint density at radius 1 is 0.923 bits per heavy atom. The van der Waals surface area contributed by atoms with E-state index in [0.29, 0.717) is 12.1 Å². The number of nitrogens with zero attached hydrogens (tertiary/aromatic N) is 1. The molecule has 0 spiro atoms. The molecular weight excluding hydrogens is 372 g/mol. The Bertz CT molecular complexity index is 1040. The van der Waals surface area contributed by atoms with Crippen LogP contribution in [0.1, 0.15) is 25.3 Å². The Labute approximate surface area is 153 Å². The minimum Gasteiger partial charge on any atom is -0.263 e. The van der Waals surface area contributed by atoms with E-state index in [1.54, 1.807) is 6.07 Å². The summed E-state index contributed by atoms with van der Waals surface area (Å²) in [6, 6.07) is 12.7. The molecule has 0 aromatic heterocycles. The summed E-state index contributed by atoms with van der Waals surface area (Å²) in [4.78, 5) is 0.171. The van der Waals surface area contributed by atoms with Gasteiger partial charge in [0.2, 0.25) is 10.0 Å². The van der Waals surface area contributed by atoms with Crippen molar-refractivity contribution in [2.24, 2.45) is 0 Å². The van der Waals surface area contributed by atoms with Crippen molar-refractivity contribution in [3.05, 3.63) is 54.1 Å². The first kappa shape index (κ1) is 17.5. The molecule has 138 valence electrons. The van der Waals surface area contributed by atoms with Gasteiger partial charge >= 0.3 is 0 Å². The number of para-hydroxylation sites is 1. The van der Waals surface area contributed by atoms with Gasteiger partial charge in [-0.2, -0.15) is 0 Å². The second-order valence-corrected chi connectivity index (χ2v) is 10.4. The van der Waals surface area contributed by atoms with Crippen LogP contribution in [0, 0.1) is 0 Å². The van der Waals surface area contributed by atoms with E-state index in [1.807, 2.05) is 25.1 Å². The molecule has 0 amide bonds. The summed E-state index contributed by atoms with van der Waals surface area (Å²) < 4.78 is 54.7. The van der Waals surface area contributed by atoms with Crippen molar-refractivity contribution in [1.29, 1.82) is 0 Å². The Morgan fingerprint density at radius 2 is 1.54 bits per heavy atom. The number of fused-ring (bicyclic) bond motifs is 1. The van der Waals surface area contributed by atoms with Gasteiger partial charge in [0.1, 0.15) is 0 Å². The summed E-state index contributed by atoms with van der Waals surface area (Å²) in [6.07, 6.45) is 2.35. The predicted molar refractivity (Wildman–Crippen MR) is 99.1 cm³/mol. The normalized spacial score (nSPS) is 20.2. The minimum absolute atomic E-state index is 0.00496. The first-order valence-corrected chi connectivity index (χ1v) is 11.5. The molecular formula is C18H20N2O4S2. The number of rotatable bonds is 5. The lowest BCUT2D eigenvalue weighted by molar-refractivity contribution is 0.578. The Morgan fingerprint density at radius 3 is 2.19 bits per heavy atom. The summed E-state index contributed by atoms with van der Waals surface area (Å²) in [7, 11) is -7.35. The second-order valence-electron chi connectivity index (χ2n) is 6.85. The van der Waals surface area contributed by atoms with E-state index in [-0.39, 0.29) is 21.9 Å². The van der Waals surface area contributed by atoms with Crippen LogP contribution in [0.3, 0.4) is 0 Å². The second kappa shape index (κ2) is 6.07. The summed E-state index contributed by atoms with van der Waals surface area (Å²) in [5.74, 6) is 0. The maximum Gasteiger partial charge on any atom is 0.264 e. The largest absolute Gasteiger partial charge is 0.264 e. The average molecular weight is 393 g/mol. The molecule has 0 radical (unpaired) electrons. The van der Waals surface area contributed by atoms with E-state index < -0.39 is 20.0 Å². The summed E-state index contributed by atoms with van der Waals surface area (Å²) in [6.45, 7) is 1.87. The number of hydrogen-bond acceptors (Lipinski definition) is 4. The maximum absolute atomic E-state index is 13.1.